The first-order chi connectivity index (χ1) is 13.8. The number of unbranched alkanes of at least 4 members (excludes halogenated alkanes) is 4. The van der Waals surface area contributed by atoms with Crippen LogP contribution in [0.2, 0.25) is 0 Å². The fourth-order valence-corrected chi connectivity index (χ4v) is 2.55. The third-order valence-corrected chi connectivity index (χ3v) is 4.19. The summed E-state index contributed by atoms with van der Waals surface area (Å²) in [7, 11) is -0.331. The molecule has 0 aromatic carbocycles. The summed E-state index contributed by atoms with van der Waals surface area (Å²) in [6.07, 6.45) is 28.2. The van der Waals surface area contributed by atoms with Crippen LogP contribution in [0.4, 0.5) is 0 Å². The van der Waals surface area contributed by atoms with Crippen molar-refractivity contribution in [3.63, 3.8) is 0 Å². The molecule has 0 fully saturated rings. The molecular weight excluding hydrogens is 371 g/mol. The molecule has 0 saturated heterocycles. The summed E-state index contributed by atoms with van der Waals surface area (Å²) in [6.45, 7) is 2.88. The number of carbonyl (C=O) groups is 1. The fraction of sp³-hybridized carbons (Fsp3) is 0.609. The van der Waals surface area contributed by atoms with E-state index < -0.39 is 0 Å². The highest BCUT2D eigenvalue weighted by Gasteiger charge is 2.01. The lowest BCUT2D eigenvalue weighted by molar-refractivity contribution is -0.143. The highest BCUT2D eigenvalue weighted by Crippen LogP contribution is 2.03. The third kappa shape index (κ3) is 22.5. The van der Waals surface area contributed by atoms with Gasteiger partial charge in [-0.1, -0.05) is 68.4 Å². The van der Waals surface area contributed by atoms with Gasteiger partial charge in [-0.05, 0) is 44.9 Å². The van der Waals surface area contributed by atoms with Crippen molar-refractivity contribution in [3.8, 4) is 0 Å². The lowest BCUT2D eigenvalue weighted by Crippen LogP contribution is -2.06. The van der Waals surface area contributed by atoms with Gasteiger partial charge in [0.1, 0.15) is 0 Å². The van der Waals surface area contributed by atoms with Crippen LogP contribution in [0.25, 0.3) is 0 Å². The van der Waals surface area contributed by atoms with Crippen molar-refractivity contribution in [3.05, 3.63) is 48.6 Å². The van der Waals surface area contributed by atoms with Crippen LogP contribution in [-0.2, 0) is 18.6 Å². The van der Waals surface area contributed by atoms with E-state index in [2.05, 4.69) is 60.1 Å². The summed E-state index contributed by atoms with van der Waals surface area (Å²) in [4.78, 5) is 11.5. The van der Waals surface area contributed by atoms with Crippen molar-refractivity contribution >= 4 is 14.7 Å². The van der Waals surface area contributed by atoms with E-state index in [0.717, 1.165) is 32.1 Å². The second-order valence-corrected chi connectivity index (χ2v) is 6.87. The number of hydrogen-bond donors (Lipinski definition) is 0. The molecule has 0 spiro atoms. The summed E-state index contributed by atoms with van der Waals surface area (Å²) in [6, 6.07) is 0. The molecule has 0 unspecified atom stereocenters. The topological polar surface area (TPSA) is 52.6 Å². The number of allylic oxidation sites excluding steroid dienone is 8. The molecule has 0 saturated carbocycles. The normalized spacial score (nSPS) is 12.3. The van der Waals surface area contributed by atoms with Gasteiger partial charge < -0.3 is 4.74 Å². The van der Waals surface area contributed by atoms with Crippen LogP contribution in [-0.4, -0.2) is 19.2 Å². The maximum Gasteiger partial charge on any atom is 0.327 e. The molecule has 28 heavy (non-hydrogen) atoms. The molecule has 5 heteroatoms. The van der Waals surface area contributed by atoms with Crippen molar-refractivity contribution in [2.75, 3.05) is 13.2 Å². The van der Waals surface area contributed by atoms with E-state index in [1.807, 2.05) is 0 Å². The Morgan fingerprint density at radius 2 is 1.32 bits per heavy atom. The van der Waals surface area contributed by atoms with Gasteiger partial charge >= 0.3 is 14.7 Å². The SMILES string of the molecule is CCCCC/C=C\C/C=C\C/C=C\C/C=C\CCCC(=O)OCCCOP=O. The molecule has 0 N–H and O–H groups in total. The second-order valence-electron chi connectivity index (χ2n) is 6.46. The van der Waals surface area contributed by atoms with E-state index >= 15 is 0 Å². The Morgan fingerprint density at radius 1 is 0.750 bits per heavy atom. The maximum atomic E-state index is 11.5. The third-order valence-electron chi connectivity index (χ3n) is 3.90. The minimum atomic E-state index is -0.331. The zero-order chi connectivity index (χ0) is 20.5. The van der Waals surface area contributed by atoms with Gasteiger partial charge in [-0.25, -0.2) is 4.57 Å². The van der Waals surface area contributed by atoms with Gasteiger partial charge in [0.15, 0.2) is 0 Å². The van der Waals surface area contributed by atoms with Gasteiger partial charge in [-0.15, -0.1) is 0 Å². The van der Waals surface area contributed by atoms with Crippen LogP contribution >= 0.6 is 8.69 Å². The molecule has 0 aliphatic carbocycles. The Bertz CT molecular complexity index is 481. The summed E-state index contributed by atoms with van der Waals surface area (Å²) < 4.78 is 19.7. The molecule has 4 nitrogen and oxygen atoms in total. The maximum absolute atomic E-state index is 11.5. The average molecular weight is 409 g/mol. The Balaban J connectivity index is 3.45. The molecule has 0 atom stereocenters. The first kappa shape index (κ1) is 26.5. The minimum Gasteiger partial charge on any atom is -0.466 e. The Labute approximate surface area is 173 Å². The van der Waals surface area contributed by atoms with Crippen LogP contribution in [0.15, 0.2) is 48.6 Å². The van der Waals surface area contributed by atoms with Gasteiger partial charge in [-0.3, -0.25) is 9.32 Å². The van der Waals surface area contributed by atoms with Gasteiger partial charge in [0.05, 0.1) is 13.2 Å². The molecule has 158 valence electrons. The Hall–Kier alpha value is -1.51. The number of hydrogen-bond acceptors (Lipinski definition) is 4. The molecule has 0 amide bonds. The van der Waals surface area contributed by atoms with E-state index in [4.69, 9.17) is 4.74 Å². The number of rotatable bonds is 19. The largest absolute Gasteiger partial charge is 0.466 e. The predicted molar refractivity (Wildman–Crippen MR) is 118 cm³/mol. The summed E-state index contributed by atoms with van der Waals surface area (Å²) in [5.41, 5.74) is 0. The molecule has 0 aromatic rings. The van der Waals surface area contributed by atoms with Crippen LogP contribution < -0.4 is 0 Å². The van der Waals surface area contributed by atoms with Gasteiger partial charge in [0, 0.05) is 12.8 Å². The van der Waals surface area contributed by atoms with Gasteiger partial charge in [0.25, 0.3) is 0 Å². The van der Waals surface area contributed by atoms with Crippen molar-refractivity contribution in [2.45, 2.75) is 77.6 Å². The zero-order valence-electron chi connectivity index (χ0n) is 17.4. The minimum absolute atomic E-state index is 0.185. The fourth-order valence-electron chi connectivity index (χ4n) is 2.34. The summed E-state index contributed by atoms with van der Waals surface area (Å²) in [5, 5.41) is 0. The van der Waals surface area contributed by atoms with Crippen LogP contribution in [0.3, 0.4) is 0 Å². The lowest BCUT2D eigenvalue weighted by atomic mass is 10.2. The van der Waals surface area contributed by atoms with Crippen LogP contribution in [0, 0.1) is 0 Å². The van der Waals surface area contributed by atoms with Crippen molar-refractivity contribution < 1.29 is 18.6 Å². The van der Waals surface area contributed by atoms with Crippen molar-refractivity contribution in [2.24, 2.45) is 0 Å². The molecule has 0 rings (SSSR count). The lowest BCUT2D eigenvalue weighted by Gasteiger charge is -2.02. The van der Waals surface area contributed by atoms with Gasteiger partial charge in [0.2, 0.25) is 0 Å². The summed E-state index contributed by atoms with van der Waals surface area (Å²) >= 11 is 0. The molecule has 0 bridgehead atoms. The van der Waals surface area contributed by atoms with Gasteiger partial charge in [-0.2, -0.15) is 0 Å². The first-order valence-electron chi connectivity index (χ1n) is 10.5. The van der Waals surface area contributed by atoms with E-state index in [1.54, 1.807) is 0 Å². The predicted octanol–water partition coefficient (Wildman–Crippen LogP) is 7.29. The smallest absolute Gasteiger partial charge is 0.327 e. The van der Waals surface area contributed by atoms with E-state index in [-0.39, 0.29) is 14.7 Å². The zero-order valence-corrected chi connectivity index (χ0v) is 18.3. The Morgan fingerprint density at radius 3 is 1.89 bits per heavy atom. The van der Waals surface area contributed by atoms with Crippen molar-refractivity contribution in [1.29, 1.82) is 0 Å². The highest BCUT2D eigenvalue weighted by molar-refractivity contribution is 7.17. The van der Waals surface area contributed by atoms with Crippen molar-refractivity contribution in [1.82, 2.24) is 0 Å². The molecule has 0 radical (unpaired) electrons. The molecule has 0 aromatic heterocycles. The monoisotopic (exact) mass is 408 g/mol. The van der Waals surface area contributed by atoms with E-state index in [9.17, 15) is 9.36 Å². The number of carbonyl (C=O) groups excluding carboxylic acids is 1. The Kier molecular flexibility index (Phi) is 22.3. The number of esters is 1. The molecule has 0 heterocycles. The highest BCUT2D eigenvalue weighted by atomic mass is 31.1. The molecular formula is C23H37O4P. The van der Waals surface area contributed by atoms with E-state index in [1.165, 1.54) is 25.7 Å². The summed E-state index contributed by atoms with van der Waals surface area (Å²) in [5.74, 6) is -0.185. The quantitative estimate of drug-likeness (QED) is 0.0974. The number of ether oxygens (including phenoxy) is 1. The molecule has 0 aliphatic rings. The van der Waals surface area contributed by atoms with E-state index in [0.29, 0.717) is 26.1 Å². The molecule has 0 aliphatic heterocycles. The van der Waals surface area contributed by atoms with Crippen LogP contribution in [0.5, 0.6) is 0 Å². The average Bonchev–Trinajstić information content (AvgIpc) is 2.70. The standard InChI is InChI=1S/C23H37O4P/c1-2-3-4-5-6-7-8-9-10-11-12-13-14-15-16-17-18-20-23(24)26-21-19-22-27-28-25/h6-7,9-10,12-13,15-16H,2-5,8,11,14,17-22H2,1H3/b7-6-,10-9-,13-12-,16-15-. The first-order valence-corrected chi connectivity index (χ1v) is 11.2. The second kappa shape index (κ2) is 23.5. The van der Waals surface area contributed by atoms with Crippen LogP contribution in [0.1, 0.15) is 77.6 Å².